The Morgan fingerprint density at radius 2 is 2.12 bits per heavy atom. The van der Waals surface area contributed by atoms with Crippen LogP contribution in [0.3, 0.4) is 0 Å². The minimum atomic E-state index is 0.325. The molecule has 0 spiro atoms. The highest BCUT2D eigenvalue weighted by molar-refractivity contribution is 4.86. The molecule has 0 bridgehead atoms. The van der Waals surface area contributed by atoms with E-state index in [4.69, 9.17) is 10.5 Å². The van der Waals surface area contributed by atoms with Gasteiger partial charge in [0, 0.05) is 18.7 Å². The van der Waals surface area contributed by atoms with Crippen LogP contribution in [0.15, 0.2) is 0 Å². The van der Waals surface area contributed by atoms with Crippen molar-refractivity contribution in [2.75, 3.05) is 26.3 Å². The summed E-state index contributed by atoms with van der Waals surface area (Å²) in [6.07, 6.45) is 7.87. The number of likely N-dealkylation sites (tertiary alicyclic amines) is 1. The monoisotopic (exact) mass is 240 g/mol. The summed E-state index contributed by atoms with van der Waals surface area (Å²) in [5.41, 5.74) is 6.23. The second-order valence-corrected chi connectivity index (χ2v) is 5.72. The lowest BCUT2D eigenvalue weighted by molar-refractivity contribution is 0.00663. The maximum atomic E-state index is 6.23. The average molecular weight is 240 g/mol. The van der Waals surface area contributed by atoms with E-state index in [2.05, 4.69) is 11.8 Å². The second-order valence-electron chi connectivity index (χ2n) is 5.72. The first-order valence-corrected chi connectivity index (χ1v) is 7.38. The molecular formula is C14H28N2O. The smallest absolute Gasteiger partial charge is 0.0636 e. The summed E-state index contributed by atoms with van der Waals surface area (Å²) in [6.45, 7) is 6.45. The molecule has 0 radical (unpaired) electrons. The Morgan fingerprint density at radius 3 is 2.88 bits per heavy atom. The maximum absolute atomic E-state index is 6.23. The number of nitrogens with two attached hydrogens (primary N) is 1. The minimum absolute atomic E-state index is 0.325. The highest BCUT2D eigenvalue weighted by atomic mass is 16.5. The van der Waals surface area contributed by atoms with Crippen molar-refractivity contribution < 1.29 is 4.74 Å². The zero-order valence-electron chi connectivity index (χ0n) is 11.2. The largest absolute Gasteiger partial charge is 0.380 e. The van der Waals surface area contributed by atoms with Gasteiger partial charge in [-0.25, -0.2) is 0 Å². The van der Waals surface area contributed by atoms with Gasteiger partial charge in [-0.3, -0.25) is 4.90 Å². The third-order valence-electron chi connectivity index (χ3n) is 4.43. The first kappa shape index (κ1) is 13.3. The number of ether oxygens (including phenoxy) is 1. The maximum Gasteiger partial charge on any atom is 0.0636 e. The molecule has 0 aromatic heterocycles. The molecule has 0 aromatic rings. The van der Waals surface area contributed by atoms with Crippen LogP contribution in [0, 0.1) is 5.92 Å². The molecule has 2 rings (SSSR count). The van der Waals surface area contributed by atoms with E-state index in [0.717, 1.165) is 25.6 Å². The molecule has 2 aliphatic heterocycles. The predicted molar refractivity (Wildman–Crippen MR) is 71.0 cm³/mol. The van der Waals surface area contributed by atoms with Crippen LogP contribution in [0.5, 0.6) is 0 Å². The van der Waals surface area contributed by atoms with Crippen molar-refractivity contribution >= 4 is 0 Å². The fraction of sp³-hybridized carbons (Fsp3) is 1.00. The Hall–Kier alpha value is -0.120. The highest BCUT2D eigenvalue weighted by Crippen LogP contribution is 2.24. The Balaban J connectivity index is 1.84. The third kappa shape index (κ3) is 3.67. The van der Waals surface area contributed by atoms with E-state index in [0.29, 0.717) is 12.1 Å². The SMILES string of the molecule is CCCC1CCCN(C2COCCC2N)CC1. The van der Waals surface area contributed by atoms with Gasteiger partial charge < -0.3 is 10.5 Å². The van der Waals surface area contributed by atoms with E-state index < -0.39 is 0 Å². The van der Waals surface area contributed by atoms with Gasteiger partial charge in [-0.1, -0.05) is 19.8 Å². The molecule has 17 heavy (non-hydrogen) atoms. The minimum Gasteiger partial charge on any atom is -0.380 e. The molecule has 2 heterocycles. The number of hydrogen-bond donors (Lipinski definition) is 1. The van der Waals surface area contributed by atoms with E-state index >= 15 is 0 Å². The predicted octanol–water partition coefficient (Wildman–Crippen LogP) is 2.00. The molecule has 3 unspecified atom stereocenters. The summed E-state index contributed by atoms with van der Waals surface area (Å²) in [5, 5.41) is 0. The van der Waals surface area contributed by atoms with Gasteiger partial charge in [0.05, 0.1) is 6.61 Å². The molecule has 0 saturated carbocycles. The zero-order chi connectivity index (χ0) is 12.1. The fourth-order valence-corrected chi connectivity index (χ4v) is 3.33. The molecule has 0 aromatic carbocycles. The topological polar surface area (TPSA) is 38.5 Å². The van der Waals surface area contributed by atoms with Gasteiger partial charge in [0.25, 0.3) is 0 Å². The Labute approximate surface area is 106 Å². The first-order chi connectivity index (χ1) is 8.31. The lowest BCUT2D eigenvalue weighted by Crippen LogP contribution is -2.53. The molecule has 0 aliphatic carbocycles. The van der Waals surface area contributed by atoms with E-state index in [9.17, 15) is 0 Å². The van der Waals surface area contributed by atoms with Crippen LogP contribution in [-0.4, -0.2) is 43.3 Å². The molecule has 2 saturated heterocycles. The molecule has 0 amide bonds. The quantitative estimate of drug-likeness (QED) is 0.820. The number of hydrogen-bond acceptors (Lipinski definition) is 3. The van der Waals surface area contributed by atoms with E-state index in [-0.39, 0.29) is 0 Å². The lowest BCUT2D eigenvalue weighted by Gasteiger charge is -2.37. The van der Waals surface area contributed by atoms with Crippen LogP contribution < -0.4 is 5.73 Å². The van der Waals surface area contributed by atoms with Crippen molar-refractivity contribution in [3.63, 3.8) is 0 Å². The number of nitrogens with zero attached hydrogens (tertiary/aromatic N) is 1. The standard InChI is InChI=1S/C14H28N2O/c1-2-4-12-5-3-8-16(9-6-12)14-11-17-10-7-13(14)15/h12-14H,2-11,15H2,1H3. The molecule has 3 atom stereocenters. The van der Waals surface area contributed by atoms with Crippen LogP contribution in [0.2, 0.25) is 0 Å². The van der Waals surface area contributed by atoms with E-state index in [1.807, 2.05) is 0 Å². The lowest BCUT2D eigenvalue weighted by atomic mass is 9.96. The Kier molecular flexibility index (Phi) is 5.26. The van der Waals surface area contributed by atoms with Gasteiger partial charge in [-0.15, -0.1) is 0 Å². The van der Waals surface area contributed by atoms with Gasteiger partial charge in [-0.05, 0) is 44.7 Å². The van der Waals surface area contributed by atoms with Gasteiger partial charge in [0.15, 0.2) is 0 Å². The molecular weight excluding hydrogens is 212 g/mol. The van der Waals surface area contributed by atoms with Crippen molar-refractivity contribution in [3.8, 4) is 0 Å². The Bertz CT molecular complexity index is 222. The third-order valence-corrected chi connectivity index (χ3v) is 4.43. The van der Waals surface area contributed by atoms with Crippen LogP contribution in [0.25, 0.3) is 0 Å². The Morgan fingerprint density at radius 1 is 1.24 bits per heavy atom. The molecule has 2 fully saturated rings. The van der Waals surface area contributed by atoms with Crippen LogP contribution in [-0.2, 0) is 4.74 Å². The molecule has 2 N–H and O–H groups in total. The van der Waals surface area contributed by atoms with Crippen LogP contribution in [0.1, 0.15) is 45.4 Å². The fourth-order valence-electron chi connectivity index (χ4n) is 3.33. The first-order valence-electron chi connectivity index (χ1n) is 7.38. The average Bonchev–Trinajstić information content (AvgIpc) is 2.56. The van der Waals surface area contributed by atoms with Crippen molar-refractivity contribution in [3.05, 3.63) is 0 Å². The van der Waals surface area contributed by atoms with Gasteiger partial charge >= 0.3 is 0 Å². The van der Waals surface area contributed by atoms with Crippen molar-refractivity contribution in [2.45, 2.75) is 57.5 Å². The molecule has 3 nitrogen and oxygen atoms in total. The van der Waals surface area contributed by atoms with Gasteiger partial charge in [0.1, 0.15) is 0 Å². The summed E-state index contributed by atoms with van der Waals surface area (Å²) >= 11 is 0. The molecule has 100 valence electrons. The summed E-state index contributed by atoms with van der Waals surface area (Å²) < 4.78 is 5.60. The second kappa shape index (κ2) is 6.72. The van der Waals surface area contributed by atoms with Gasteiger partial charge in [-0.2, -0.15) is 0 Å². The summed E-state index contributed by atoms with van der Waals surface area (Å²) in [7, 11) is 0. The van der Waals surface area contributed by atoms with E-state index in [1.54, 1.807) is 0 Å². The van der Waals surface area contributed by atoms with Crippen LogP contribution in [0.4, 0.5) is 0 Å². The van der Waals surface area contributed by atoms with Crippen molar-refractivity contribution in [1.29, 1.82) is 0 Å². The van der Waals surface area contributed by atoms with Gasteiger partial charge in [0.2, 0.25) is 0 Å². The summed E-state index contributed by atoms with van der Waals surface area (Å²) in [6, 6.07) is 0.801. The zero-order valence-corrected chi connectivity index (χ0v) is 11.2. The summed E-state index contributed by atoms with van der Waals surface area (Å²) in [5.74, 6) is 0.950. The molecule has 3 heteroatoms. The summed E-state index contributed by atoms with van der Waals surface area (Å²) in [4.78, 5) is 2.60. The van der Waals surface area contributed by atoms with Crippen molar-refractivity contribution in [2.24, 2.45) is 11.7 Å². The normalized spacial score (nSPS) is 36.7. The number of rotatable bonds is 3. The highest BCUT2D eigenvalue weighted by Gasteiger charge is 2.29. The van der Waals surface area contributed by atoms with E-state index in [1.165, 1.54) is 45.2 Å². The van der Waals surface area contributed by atoms with Crippen molar-refractivity contribution in [1.82, 2.24) is 4.90 Å². The van der Waals surface area contributed by atoms with Crippen LogP contribution >= 0.6 is 0 Å². The molecule has 2 aliphatic rings.